The zero-order valence-electron chi connectivity index (χ0n) is 16.1. The second-order valence-electron chi connectivity index (χ2n) is 6.73. The van der Waals surface area contributed by atoms with Crippen molar-refractivity contribution in [1.29, 1.82) is 0 Å². The molecule has 0 aliphatic rings. The Morgan fingerprint density at radius 2 is 0.933 bits per heavy atom. The number of benzene rings is 4. The quantitative estimate of drug-likeness (QED) is 0.275. The number of hydrogen-bond acceptors (Lipinski definition) is 5. The summed E-state index contributed by atoms with van der Waals surface area (Å²) in [6.45, 7) is 0. The van der Waals surface area contributed by atoms with Crippen LogP contribution in [0, 0.1) is 0 Å². The Kier molecular flexibility index (Phi) is 6.12. The molecule has 0 aliphatic carbocycles. The Morgan fingerprint density at radius 1 is 0.533 bits per heavy atom. The van der Waals surface area contributed by atoms with E-state index in [1.165, 1.54) is 0 Å². The van der Waals surface area contributed by atoms with Crippen LogP contribution in [-0.2, 0) is 0 Å². The van der Waals surface area contributed by atoms with E-state index in [0.717, 1.165) is 31.0 Å². The predicted molar refractivity (Wildman–Crippen MR) is 126 cm³/mol. The monoisotopic (exact) mass is 428 g/mol. The van der Waals surface area contributed by atoms with Gasteiger partial charge in [0.1, 0.15) is 0 Å². The molecule has 4 aromatic carbocycles. The van der Waals surface area contributed by atoms with Gasteiger partial charge in [0.15, 0.2) is 5.78 Å². The van der Waals surface area contributed by atoms with Crippen molar-refractivity contribution in [1.82, 2.24) is 0 Å². The first kappa shape index (κ1) is 20.1. The molecule has 4 N–H and O–H groups in total. The number of rotatable bonds is 6. The number of nitrogen functional groups attached to an aromatic ring is 2. The van der Waals surface area contributed by atoms with Crippen LogP contribution in [0.4, 0.5) is 11.4 Å². The van der Waals surface area contributed by atoms with Crippen molar-refractivity contribution in [3.63, 3.8) is 0 Å². The third kappa shape index (κ3) is 5.06. The minimum absolute atomic E-state index is 0.0102. The van der Waals surface area contributed by atoms with Crippen molar-refractivity contribution in [3.05, 3.63) is 108 Å². The van der Waals surface area contributed by atoms with Crippen LogP contribution >= 0.6 is 23.5 Å². The summed E-state index contributed by atoms with van der Waals surface area (Å²) in [5.41, 5.74) is 14.5. The third-order valence-electron chi connectivity index (χ3n) is 4.42. The van der Waals surface area contributed by atoms with Gasteiger partial charge in [0.25, 0.3) is 0 Å². The van der Waals surface area contributed by atoms with Gasteiger partial charge < -0.3 is 11.5 Å². The van der Waals surface area contributed by atoms with Crippen LogP contribution in [0.2, 0.25) is 0 Å². The van der Waals surface area contributed by atoms with Gasteiger partial charge in [-0.15, -0.1) is 0 Å². The van der Waals surface area contributed by atoms with Gasteiger partial charge in [0, 0.05) is 42.1 Å². The maximum Gasteiger partial charge on any atom is 0.193 e. The van der Waals surface area contributed by atoms with E-state index in [1.54, 1.807) is 23.5 Å². The van der Waals surface area contributed by atoms with Crippen LogP contribution in [0.15, 0.2) is 117 Å². The normalized spacial score (nSPS) is 10.7. The van der Waals surface area contributed by atoms with Crippen LogP contribution in [-0.4, -0.2) is 5.78 Å². The summed E-state index contributed by atoms with van der Waals surface area (Å²) in [6.07, 6.45) is 0. The molecule has 0 aliphatic heterocycles. The van der Waals surface area contributed by atoms with E-state index in [1.807, 2.05) is 97.1 Å². The van der Waals surface area contributed by atoms with Gasteiger partial charge in [0.05, 0.1) is 0 Å². The second-order valence-corrected chi connectivity index (χ2v) is 9.02. The Bertz CT molecular complexity index is 1080. The number of carbonyl (C=O) groups is 1. The van der Waals surface area contributed by atoms with Crippen molar-refractivity contribution in [2.24, 2.45) is 0 Å². The lowest BCUT2D eigenvalue weighted by Crippen LogP contribution is -2.00. The number of anilines is 2. The maximum absolute atomic E-state index is 12.8. The first-order chi connectivity index (χ1) is 14.6. The fourth-order valence-electron chi connectivity index (χ4n) is 2.94. The van der Waals surface area contributed by atoms with E-state index in [4.69, 9.17) is 11.5 Å². The Hall–Kier alpha value is -3.15. The molecule has 4 rings (SSSR count). The van der Waals surface area contributed by atoms with Crippen molar-refractivity contribution >= 4 is 40.7 Å². The maximum atomic E-state index is 12.8. The lowest BCUT2D eigenvalue weighted by molar-refractivity contribution is 0.103. The van der Waals surface area contributed by atoms with Gasteiger partial charge in [-0.1, -0.05) is 35.7 Å². The average molecular weight is 429 g/mol. The number of carbonyl (C=O) groups excluding carboxylic acids is 1. The van der Waals surface area contributed by atoms with Gasteiger partial charge in [0.2, 0.25) is 0 Å². The van der Waals surface area contributed by atoms with E-state index in [-0.39, 0.29) is 5.78 Å². The predicted octanol–water partition coefficient (Wildman–Crippen LogP) is 6.38. The topological polar surface area (TPSA) is 69.1 Å². The molecule has 0 unspecified atom stereocenters. The Morgan fingerprint density at radius 3 is 1.30 bits per heavy atom. The molecule has 5 heteroatoms. The minimum atomic E-state index is 0.0102. The zero-order chi connectivity index (χ0) is 20.9. The minimum Gasteiger partial charge on any atom is -0.399 e. The molecule has 0 saturated heterocycles. The molecular formula is C25H20N2OS2. The second kappa shape index (κ2) is 9.11. The fraction of sp³-hybridized carbons (Fsp3) is 0. The summed E-state index contributed by atoms with van der Waals surface area (Å²) in [4.78, 5) is 17.1. The van der Waals surface area contributed by atoms with E-state index in [9.17, 15) is 4.79 Å². The van der Waals surface area contributed by atoms with Crippen molar-refractivity contribution in [2.45, 2.75) is 19.6 Å². The summed E-state index contributed by atoms with van der Waals surface area (Å²) >= 11 is 3.24. The molecule has 0 atom stereocenters. The van der Waals surface area contributed by atoms with Gasteiger partial charge in [-0.2, -0.15) is 0 Å². The van der Waals surface area contributed by atoms with E-state index in [0.29, 0.717) is 11.1 Å². The molecule has 0 fully saturated rings. The van der Waals surface area contributed by atoms with Gasteiger partial charge in [-0.25, -0.2) is 0 Å². The summed E-state index contributed by atoms with van der Waals surface area (Å²) in [5, 5.41) is 0. The van der Waals surface area contributed by atoms with E-state index in [2.05, 4.69) is 0 Å². The van der Waals surface area contributed by atoms with Crippen LogP contribution in [0.25, 0.3) is 0 Å². The summed E-state index contributed by atoms with van der Waals surface area (Å²) < 4.78 is 0. The fourth-order valence-corrected chi connectivity index (χ4v) is 4.72. The molecule has 0 bridgehead atoms. The number of hydrogen-bond donors (Lipinski definition) is 2. The van der Waals surface area contributed by atoms with Gasteiger partial charge in [-0.05, 0) is 84.9 Å². The first-order valence-corrected chi connectivity index (χ1v) is 11.0. The summed E-state index contributed by atoms with van der Waals surface area (Å²) in [7, 11) is 0. The van der Waals surface area contributed by atoms with Crippen molar-refractivity contribution < 1.29 is 4.79 Å². The SMILES string of the molecule is Nc1cccc(Sc2ccc(C(=O)c3ccc(Sc4cccc(N)c4)cc3)cc2)c1. The molecule has 3 nitrogen and oxygen atoms in total. The molecule has 30 heavy (non-hydrogen) atoms. The first-order valence-electron chi connectivity index (χ1n) is 9.38. The Labute approximate surface area is 184 Å². The molecule has 0 amide bonds. The zero-order valence-corrected chi connectivity index (χ0v) is 17.8. The number of nitrogens with two attached hydrogens (primary N) is 2. The highest BCUT2D eigenvalue weighted by atomic mass is 32.2. The van der Waals surface area contributed by atoms with Crippen LogP contribution in [0.3, 0.4) is 0 Å². The summed E-state index contributed by atoms with van der Waals surface area (Å²) in [5.74, 6) is 0.0102. The molecule has 0 spiro atoms. The van der Waals surface area contributed by atoms with E-state index >= 15 is 0 Å². The summed E-state index contributed by atoms with van der Waals surface area (Å²) in [6, 6.07) is 30.8. The Balaban J connectivity index is 1.43. The third-order valence-corrected chi connectivity index (χ3v) is 6.42. The average Bonchev–Trinajstić information content (AvgIpc) is 2.74. The standard InChI is InChI=1S/C25H20N2OS2/c26-19-3-1-5-23(15-19)29-21-11-7-17(8-12-21)25(28)18-9-13-22(14-10-18)30-24-6-2-4-20(27)16-24/h1-16H,26-27H2. The smallest absolute Gasteiger partial charge is 0.193 e. The molecular weight excluding hydrogens is 408 g/mol. The molecule has 0 aromatic heterocycles. The van der Waals surface area contributed by atoms with Gasteiger partial charge >= 0.3 is 0 Å². The molecule has 0 heterocycles. The highest BCUT2D eigenvalue weighted by Crippen LogP contribution is 2.30. The molecule has 148 valence electrons. The van der Waals surface area contributed by atoms with Crippen molar-refractivity contribution in [2.75, 3.05) is 11.5 Å². The van der Waals surface area contributed by atoms with E-state index < -0.39 is 0 Å². The van der Waals surface area contributed by atoms with Gasteiger partial charge in [-0.3, -0.25) is 4.79 Å². The lowest BCUT2D eigenvalue weighted by atomic mass is 10.0. The highest BCUT2D eigenvalue weighted by molar-refractivity contribution is 7.99. The molecule has 0 saturated carbocycles. The van der Waals surface area contributed by atoms with Crippen LogP contribution < -0.4 is 11.5 Å². The van der Waals surface area contributed by atoms with Crippen LogP contribution in [0.1, 0.15) is 15.9 Å². The highest BCUT2D eigenvalue weighted by Gasteiger charge is 2.10. The molecule has 0 radical (unpaired) electrons. The number of ketones is 1. The van der Waals surface area contributed by atoms with Crippen molar-refractivity contribution in [3.8, 4) is 0 Å². The lowest BCUT2D eigenvalue weighted by Gasteiger charge is -2.06. The molecule has 4 aromatic rings. The largest absolute Gasteiger partial charge is 0.399 e. The van der Waals surface area contributed by atoms with Crippen LogP contribution in [0.5, 0.6) is 0 Å².